The third-order valence-electron chi connectivity index (χ3n) is 3.40. The molecule has 0 atom stereocenters. The standard InChI is InChI=1S/C16H22N2O2S/c1-15(2)9-18(10-16(3,4)20-15)14(19)12-7-5-11(6-8-12)13(17)21/h5-8H,9-10H2,1-4H3,(H2,17,21). The second-order valence-electron chi connectivity index (χ2n) is 6.72. The van der Waals surface area contributed by atoms with E-state index in [1.54, 1.807) is 24.3 Å². The number of thiocarbonyl (C=S) groups is 1. The van der Waals surface area contributed by atoms with E-state index in [4.69, 9.17) is 22.7 Å². The van der Waals surface area contributed by atoms with Gasteiger partial charge in [0.25, 0.3) is 5.91 Å². The van der Waals surface area contributed by atoms with Crippen molar-refractivity contribution in [2.75, 3.05) is 13.1 Å². The van der Waals surface area contributed by atoms with Gasteiger partial charge in [0.1, 0.15) is 4.99 Å². The van der Waals surface area contributed by atoms with Gasteiger partial charge in [-0.05, 0) is 39.8 Å². The summed E-state index contributed by atoms with van der Waals surface area (Å²) in [6.07, 6.45) is 0. The van der Waals surface area contributed by atoms with Crippen LogP contribution < -0.4 is 5.73 Å². The topological polar surface area (TPSA) is 55.6 Å². The van der Waals surface area contributed by atoms with Gasteiger partial charge >= 0.3 is 0 Å². The maximum Gasteiger partial charge on any atom is 0.254 e. The van der Waals surface area contributed by atoms with Gasteiger partial charge in [-0.3, -0.25) is 4.79 Å². The molecule has 0 saturated carbocycles. The Kier molecular flexibility index (Phi) is 4.08. The molecule has 0 aromatic heterocycles. The predicted octanol–water partition coefficient (Wildman–Crippen LogP) is 2.35. The molecular formula is C16H22N2O2S. The molecule has 0 unspecified atom stereocenters. The highest BCUT2D eigenvalue weighted by atomic mass is 32.1. The minimum absolute atomic E-state index is 0.00828. The van der Waals surface area contributed by atoms with Crippen molar-refractivity contribution >= 4 is 23.1 Å². The van der Waals surface area contributed by atoms with E-state index in [9.17, 15) is 4.79 Å². The summed E-state index contributed by atoms with van der Waals surface area (Å²) in [7, 11) is 0. The van der Waals surface area contributed by atoms with Gasteiger partial charge in [0.05, 0.1) is 11.2 Å². The van der Waals surface area contributed by atoms with Crippen molar-refractivity contribution in [1.82, 2.24) is 4.90 Å². The highest BCUT2D eigenvalue weighted by molar-refractivity contribution is 7.80. The van der Waals surface area contributed by atoms with E-state index in [1.807, 2.05) is 32.6 Å². The number of amides is 1. The number of carbonyl (C=O) groups excluding carboxylic acids is 1. The van der Waals surface area contributed by atoms with Gasteiger partial charge in [-0.1, -0.05) is 24.4 Å². The zero-order valence-corrected chi connectivity index (χ0v) is 13.8. The van der Waals surface area contributed by atoms with Gasteiger partial charge in [-0.2, -0.15) is 0 Å². The first kappa shape index (κ1) is 15.9. The molecule has 5 heteroatoms. The summed E-state index contributed by atoms with van der Waals surface area (Å²) in [5.41, 5.74) is 6.28. The Morgan fingerprint density at radius 2 is 1.52 bits per heavy atom. The van der Waals surface area contributed by atoms with Crippen molar-refractivity contribution in [3.8, 4) is 0 Å². The molecule has 1 amide bonds. The Bertz CT molecular complexity index is 548. The summed E-state index contributed by atoms with van der Waals surface area (Å²) in [4.78, 5) is 14.8. The van der Waals surface area contributed by atoms with Crippen LogP contribution in [0.5, 0.6) is 0 Å². The second kappa shape index (κ2) is 5.39. The first-order valence-electron chi connectivity index (χ1n) is 6.99. The van der Waals surface area contributed by atoms with Crippen LogP contribution in [0.2, 0.25) is 0 Å². The Morgan fingerprint density at radius 1 is 1.10 bits per heavy atom. The molecule has 2 rings (SSSR count). The van der Waals surface area contributed by atoms with Gasteiger partial charge in [0.15, 0.2) is 0 Å². The highest BCUT2D eigenvalue weighted by Gasteiger charge is 2.40. The Morgan fingerprint density at radius 3 is 1.95 bits per heavy atom. The van der Waals surface area contributed by atoms with Crippen LogP contribution in [0.3, 0.4) is 0 Å². The first-order valence-corrected chi connectivity index (χ1v) is 7.40. The quantitative estimate of drug-likeness (QED) is 0.852. The van der Waals surface area contributed by atoms with E-state index in [1.165, 1.54) is 0 Å². The molecule has 21 heavy (non-hydrogen) atoms. The molecule has 0 aliphatic carbocycles. The normalized spacial score (nSPS) is 20.1. The van der Waals surface area contributed by atoms with E-state index < -0.39 is 0 Å². The molecule has 1 aromatic rings. The van der Waals surface area contributed by atoms with Gasteiger partial charge in [0, 0.05) is 24.2 Å². The van der Waals surface area contributed by atoms with Crippen molar-refractivity contribution in [1.29, 1.82) is 0 Å². The number of rotatable bonds is 2. The average molecular weight is 306 g/mol. The molecule has 2 N–H and O–H groups in total. The molecule has 1 saturated heterocycles. The monoisotopic (exact) mass is 306 g/mol. The summed E-state index contributed by atoms with van der Waals surface area (Å²) in [5.74, 6) is 0.00828. The van der Waals surface area contributed by atoms with Crippen LogP contribution in [0, 0.1) is 0 Å². The molecule has 4 nitrogen and oxygen atoms in total. The van der Waals surface area contributed by atoms with Crippen LogP contribution in [0.15, 0.2) is 24.3 Å². The molecule has 0 spiro atoms. The number of morpholine rings is 1. The zero-order valence-electron chi connectivity index (χ0n) is 13.0. The largest absolute Gasteiger partial charge is 0.389 e. The van der Waals surface area contributed by atoms with Crippen LogP contribution in [0.25, 0.3) is 0 Å². The molecule has 114 valence electrons. The number of ether oxygens (including phenoxy) is 1. The first-order chi connectivity index (χ1) is 9.60. The molecule has 1 heterocycles. The van der Waals surface area contributed by atoms with Crippen LogP contribution in [0.1, 0.15) is 43.6 Å². The lowest BCUT2D eigenvalue weighted by atomic mass is 9.98. The van der Waals surface area contributed by atoms with Crippen molar-refractivity contribution in [3.63, 3.8) is 0 Å². The van der Waals surface area contributed by atoms with Crippen molar-refractivity contribution < 1.29 is 9.53 Å². The Labute approximate surface area is 131 Å². The molecule has 1 aliphatic rings. The van der Waals surface area contributed by atoms with Crippen molar-refractivity contribution in [2.45, 2.75) is 38.9 Å². The van der Waals surface area contributed by atoms with Crippen LogP contribution in [0.4, 0.5) is 0 Å². The van der Waals surface area contributed by atoms with Gasteiger partial charge < -0.3 is 15.4 Å². The summed E-state index contributed by atoms with van der Waals surface area (Å²) in [6, 6.07) is 7.11. The van der Waals surface area contributed by atoms with E-state index in [-0.39, 0.29) is 17.1 Å². The fourth-order valence-electron chi connectivity index (χ4n) is 2.89. The molecule has 1 fully saturated rings. The number of benzene rings is 1. The van der Waals surface area contributed by atoms with Crippen LogP contribution >= 0.6 is 12.2 Å². The lowest BCUT2D eigenvalue weighted by Crippen LogP contribution is -2.58. The van der Waals surface area contributed by atoms with E-state index in [0.717, 1.165) is 5.56 Å². The molecule has 1 aromatic carbocycles. The summed E-state index contributed by atoms with van der Waals surface area (Å²) >= 11 is 4.92. The maximum atomic E-state index is 12.7. The van der Waals surface area contributed by atoms with Crippen LogP contribution in [-0.4, -0.2) is 40.1 Å². The fraction of sp³-hybridized carbons (Fsp3) is 0.500. The summed E-state index contributed by atoms with van der Waals surface area (Å²) in [5, 5.41) is 0. The van der Waals surface area contributed by atoms with Crippen LogP contribution in [-0.2, 0) is 4.74 Å². The maximum absolute atomic E-state index is 12.7. The predicted molar refractivity (Wildman–Crippen MR) is 87.5 cm³/mol. The van der Waals surface area contributed by atoms with Crippen molar-refractivity contribution in [2.24, 2.45) is 5.73 Å². The number of hydrogen-bond acceptors (Lipinski definition) is 3. The van der Waals surface area contributed by atoms with Gasteiger partial charge in [-0.25, -0.2) is 0 Å². The van der Waals surface area contributed by atoms with Gasteiger partial charge in [0.2, 0.25) is 0 Å². The smallest absolute Gasteiger partial charge is 0.254 e. The summed E-state index contributed by atoms with van der Waals surface area (Å²) < 4.78 is 6.00. The highest BCUT2D eigenvalue weighted by Crippen LogP contribution is 2.29. The SMILES string of the molecule is CC1(C)CN(C(=O)c2ccc(C(N)=S)cc2)CC(C)(C)O1. The fourth-order valence-corrected chi connectivity index (χ4v) is 3.03. The van der Waals surface area contributed by atoms with E-state index >= 15 is 0 Å². The zero-order chi connectivity index (χ0) is 15.8. The second-order valence-corrected chi connectivity index (χ2v) is 7.16. The number of hydrogen-bond donors (Lipinski definition) is 1. The van der Waals surface area contributed by atoms with Gasteiger partial charge in [-0.15, -0.1) is 0 Å². The Hall–Kier alpha value is -1.46. The molecular weight excluding hydrogens is 284 g/mol. The molecule has 1 aliphatic heterocycles. The molecule has 0 radical (unpaired) electrons. The Balaban J connectivity index is 2.21. The number of nitrogens with two attached hydrogens (primary N) is 1. The van der Waals surface area contributed by atoms with E-state index in [2.05, 4.69) is 0 Å². The number of carbonyl (C=O) groups is 1. The third-order valence-corrected chi connectivity index (χ3v) is 3.64. The third kappa shape index (κ3) is 3.80. The number of nitrogens with zero attached hydrogens (tertiary/aromatic N) is 1. The minimum Gasteiger partial charge on any atom is -0.389 e. The lowest BCUT2D eigenvalue weighted by molar-refractivity contribution is -0.171. The summed E-state index contributed by atoms with van der Waals surface area (Å²) in [6.45, 7) is 9.17. The molecule has 0 bridgehead atoms. The average Bonchev–Trinajstić information content (AvgIpc) is 2.34. The van der Waals surface area contributed by atoms with Crippen molar-refractivity contribution in [3.05, 3.63) is 35.4 Å². The minimum atomic E-state index is -0.351. The van der Waals surface area contributed by atoms with E-state index in [0.29, 0.717) is 23.6 Å². The lowest BCUT2D eigenvalue weighted by Gasteiger charge is -2.47.